The fraction of sp³-hybridized carbons (Fsp3) is 0.536. The van der Waals surface area contributed by atoms with Gasteiger partial charge in [0.2, 0.25) is 5.82 Å². The second-order valence-corrected chi connectivity index (χ2v) is 9.83. The summed E-state index contributed by atoms with van der Waals surface area (Å²) in [5.74, 6) is -2.61. The molecule has 6 heteroatoms. The Morgan fingerprint density at radius 2 is 1.50 bits per heavy atom. The van der Waals surface area contributed by atoms with Gasteiger partial charge in [-0.2, -0.15) is 4.39 Å². The van der Waals surface area contributed by atoms with Gasteiger partial charge in [-0.3, -0.25) is 4.79 Å². The molecule has 34 heavy (non-hydrogen) atoms. The average Bonchev–Trinajstić information content (AvgIpc) is 2.84. The first-order valence-corrected chi connectivity index (χ1v) is 12.5. The molecule has 2 aliphatic carbocycles. The van der Waals surface area contributed by atoms with Crippen molar-refractivity contribution in [2.45, 2.75) is 77.0 Å². The third kappa shape index (κ3) is 5.42. The summed E-state index contributed by atoms with van der Waals surface area (Å²) in [6.07, 6.45) is 6.22. The van der Waals surface area contributed by atoms with Crippen LogP contribution in [-0.2, 0) is 4.79 Å². The van der Waals surface area contributed by atoms with Gasteiger partial charge in [-0.15, -0.1) is 0 Å². The maximum absolute atomic E-state index is 14.8. The molecule has 0 aromatic heterocycles. The standard InChI is InChI=1S/C28H33F3O3/c1-3-33-24-14-12-21(16-23(24)29)18-8-10-20(11-9-18)28(32)34-25-15-13-22(26(30)27(25)31)19-6-4-17(2)5-7-19/h12-20H,3-11H2,1-2H3. The number of carbonyl (C=O) groups excluding carboxylic acids is 1. The van der Waals surface area contributed by atoms with Crippen LogP contribution in [0.1, 0.15) is 88.2 Å². The Morgan fingerprint density at radius 1 is 0.853 bits per heavy atom. The number of carbonyl (C=O) groups is 1. The first-order chi connectivity index (χ1) is 16.4. The molecule has 0 radical (unpaired) electrons. The maximum atomic E-state index is 14.8. The van der Waals surface area contributed by atoms with Crippen molar-refractivity contribution in [2.24, 2.45) is 11.8 Å². The minimum absolute atomic E-state index is 0.0122. The van der Waals surface area contributed by atoms with Crippen LogP contribution in [0.15, 0.2) is 30.3 Å². The smallest absolute Gasteiger partial charge is 0.314 e. The van der Waals surface area contributed by atoms with Crippen molar-refractivity contribution in [3.63, 3.8) is 0 Å². The minimum atomic E-state index is -1.08. The minimum Gasteiger partial charge on any atom is -0.491 e. The highest BCUT2D eigenvalue weighted by Crippen LogP contribution is 2.40. The van der Waals surface area contributed by atoms with Gasteiger partial charge >= 0.3 is 5.97 Å². The molecule has 0 saturated heterocycles. The van der Waals surface area contributed by atoms with E-state index in [4.69, 9.17) is 9.47 Å². The van der Waals surface area contributed by atoms with Crippen molar-refractivity contribution >= 4 is 5.97 Å². The summed E-state index contributed by atoms with van der Waals surface area (Å²) in [4.78, 5) is 12.7. The van der Waals surface area contributed by atoms with Crippen molar-refractivity contribution in [1.29, 1.82) is 0 Å². The summed E-state index contributed by atoms with van der Waals surface area (Å²) >= 11 is 0. The average molecular weight is 475 g/mol. The van der Waals surface area contributed by atoms with E-state index in [2.05, 4.69) is 6.92 Å². The molecule has 0 N–H and O–H groups in total. The van der Waals surface area contributed by atoms with Gasteiger partial charge in [0, 0.05) is 0 Å². The van der Waals surface area contributed by atoms with E-state index in [1.165, 1.54) is 12.1 Å². The summed E-state index contributed by atoms with van der Waals surface area (Å²) in [5, 5.41) is 0. The molecular formula is C28H33F3O3. The number of ether oxygens (including phenoxy) is 2. The fourth-order valence-electron chi connectivity index (χ4n) is 5.41. The van der Waals surface area contributed by atoms with E-state index in [-0.39, 0.29) is 35.1 Å². The van der Waals surface area contributed by atoms with Crippen LogP contribution in [0.25, 0.3) is 0 Å². The molecule has 2 aromatic carbocycles. The monoisotopic (exact) mass is 474 g/mol. The molecule has 0 spiro atoms. The lowest BCUT2D eigenvalue weighted by atomic mass is 9.78. The van der Waals surface area contributed by atoms with Gasteiger partial charge in [-0.25, -0.2) is 8.78 Å². The van der Waals surface area contributed by atoms with Crippen LogP contribution in [0.4, 0.5) is 13.2 Å². The van der Waals surface area contributed by atoms with E-state index in [0.717, 1.165) is 31.2 Å². The van der Waals surface area contributed by atoms with E-state index in [1.54, 1.807) is 19.1 Å². The van der Waals surface area contributed by atoms with Crippen LogP contribution in [0.3, 0.4) is 0 Å². The van der Waals surface area contributed by atoms with Gasteiger partial charge < -0.3 is 9.47 Å². The third-order valence-electron chi connectivity index (χ3n) is 7.53. The molecule has 0 bridgehead atoms. The summed E-state index contributed by atoms with van der Waals surface area (Å²) in [6, 6.07) is 7.96. The van der Waals surface area contributed by atoms with Crippen LogP contribution < -0.4 is 9.47 Å². The lowest BCUT2D eigenvalue weighted by Crippen LogP contribution is -2.25. The quantitative estimate of drug-likeness (QED) is 0.318. The number of hydrogen-bond donors (Lipinski definition) is 0. The molecule has 184 valence electrons. The Morgan fingerprint density at radius 3 is 2.15 bits per heavy atom. The molecule has 0 amide bonds. The van der Waals surface area contributed by atoms with Crippen molar-refractivity contribution < 1.29 is 27.4 Å². The summed E-state index contributed by atoms with van der Waals surface area (Å²) < 4.78 is 54.3. The van der Waals surface area contributed by atoms with Crippen LogP contribution in [0, 0.1) is 29.3 Å². The van der Waals surface area contributed by atoms with Crippen molar-refractivity contribution in [3.05, 3.63) is 58.9 Å². The molecule has 2 aromatic rings. The first kappa shape index (κ1) is 24.6. The SMILES string of the molecule is CCOc1ccc(C2CCC(C(=O)Oc3ccc(C4CCC(C)CC4)c(F)c3F)CC2)cc1F. The molecule has 3 nitrogen and oxygen atoms in total. The zero-order valence-electron chi connectivity index (χ0n) is 19.9. The van der Waals surface area contributed by atoms with Crippen LogP contribution in [-0.4, -0.2) is 12.6 Å². The molecule has 0 heterocycles. The summed E-state index contributed by atoms with van der Waals surface area (Å²) in [7, 11) is 0. The van der Waals surface area contributed by atoms with Crippen molar-refractivity contribution in [1.82, 2.24) is 0 Å². The molecule has 2 saturated carbocycles. The lowest BCUT2D eigenvalue weighted by Gasteiger charge is -2.28. The van der Waals surface area contributed by atoms with Crippen LogP contribution in [0.2, 0.25) is 0 Å². The van der Waals surface area contributed by atoms with Crippen molar-refractivity contribution in [3.8, 4) is 11.5 Å². The highest BCUT2D eigenvalue weighted by molar-refractivity contribution is 5.75. The van der Waals surface area contributed by atoms with Gasteiger partial charge in [0.05, 0.1) is 12.5 Å². The van der Waals surface area contributed by atoms with Gasteiger partial charge in [-0.05, 0) is 92.5 Å². The number of rotatable bonds is 6. The second-order valence-electron chi connectivity index (χ2n) is 9.83. The Balaban J connectivity index is 1.35. The van der Waals surface area contributed by atoms with Gasteiger partial charge in [-0.1, -0.05) is 31.9 Å². The van der Waals surface area contributed by atoms with E-state index in [1.807, 2.05) is 6.07 Å². The maximum Gasteiger partial charge on any atom is 0.314 e. The highest BCUT2D eigenvalue weighted by atomic mass is 19.2. The van der Waals surface area contributed by atoms with Gasteiger partial charge in [0.1, 0.15) is 0 Å². The molecule has 2 fully saturated rings. The third-order valence-corrected chi connectivity index (χ3v) is 7.53. The normalized spacial score (nSPS) is 25.1. The van der Waals surface area contributed by atoms with E-state index < -0.39 is 17.6 Å². The van der Waals surface area contributed by atoms with Crippen molar-refractivity contribution in [2.75, 3.05) is 6.61 Å². The van der Waals surface area contributed by atoms with Crippen LogP contribution in [0.5, 0.6) is 11.5 Å². The highest BCUT2D eigenvalue weighted by Gasteiger charge is 2.31. The fourth-order valence-corrected chi connectivity index (χ4v) is 5.41. The predicted octanol–water partition coefficient (Wildman–Crippen LogP) is 7.68. The Hall–Kier alpha value is -2.50. The molecule has 0 unspecified atom stereocenters. The Kier molecular flexibility index (Phi) is 7.84. The van der Waals surface area contributed by atoms with E-state index in [0.29, 0.717) is 43.8 Å². The predicted molar refractivity (Wildman–Crippen MR) is 125 cm³/mol. The largest absolute Gasteiger partial charge is 0.491 e. The zero-order valence-corrected chi connectivity index (χ0v) is 19.9. The molecule has 0 aliphatic heterocycles. The Labute approximate surface area is 199 Å². The molecule has 4 rings (SSSR count). The summed E-state index contributed by atoms with van der Waals surface area (Å²) in [6.45, 7) is 4.38. The van der Waals surface area contributed by atoms with E-state index >= 15 is 0 Å². The van der Waals surface area contributed by atoms with Crippen LogP contribution >= 0.6 is 0 Å². The van der Waals surface area contributed by atoms with Gasteiger partial charge in [0.15, 0.2) is 23.1 Å². The number of esters is 1. The zero-order chi connectivity index (χ0) is 24.2. The molecule has 2 aliphatic rings. The first-order valence-electron chi connectivity index (χ1n) is 12.5. The second kappa shape index (κ2) is 10.8. The number of hydrogen-bond acceptors (Lipinski definition) is 3. The Bertz CT molecular complexity index is 1010. The molecular weight excluding hydrogens is 441 g/mol. The molecule has 0 atom stereocenters. The topological polar surface area (TPSA) is 35.5 Å². The number of benzene rings is 2. The lowest BCUT2D eigenvalue weighted by molar-refractivity contribution is -0.140. The van der Waals surface area contributed by atoms with E-state index in [9.17, 15) is 18.0 Å². The number of halogens is 3. The van der Waals surface area contributed by atoms with Gasteiger partial charge in [0.25, 0.3) is 0 Å². The summed E-state index contributed by atoms with van der Waals surface area (Å²) in [5.41, 5.74) is 1.26.